The minimum absolute atomic E-state index is 0.0389. The van der Waals surface area contributed by atoms with Crippen LogP contribution >= 0.6 is 23.1 Å². The van der Waals surface area contributed by atoms with Gasteiger partial charge in [-0.3, -0.25) is 32.7 Å². The van der Waals surface area contributed by atoms with Gasteiger partial charge in [-0.25, -0.2) is 19.6 Å². The van der Waals surface area contributed by atoms with Crippen molar-refractivity contribution in [3.8, 4) is 23.1 Å². The summed E-state index contributed by atoms with van der Waals surface area (Å²) < 4.78 is 66.1. The molecule has 0 radical (unpaired) electrons. The van der Waals surface area contributed by atoms with Gasteiger partial charge in [0, 0.05) is 36.0 Å². The van der Waals surface area contributed by atoms with E-state index >= 15 is 0 Å². The summed E-state index contributed by atoms with van der Waals surface area (Å²) in [6, 6.07) is 24.0. The Morgan fingerprint density at radius 1 is 0.818 bits per heavy atom. The second kappa shape index (κ2) is 18.4. The van der Waals surface area contributed by atoms with Crippen molar-refractivity contribution in [3.05, 3.63) is 162 Å². The number of hydrogen-bond donors (Lipinski definition) is 1. The molecule has 21 heteroatoms. The van der Waals surface area contributed by atoms with E-state index in [4.69, 9.17) is 18.3 Å². The molecule has 66 heavy (non-hydrogen) atoms. The molecular formula is C45H36F3N7O9S2. The van der Waals surface area contributed by atoms with Crippen LogP contribution in [-0.4, -0.2) is 48.4 Å². The molecule has 9 rings (SSSR count). The molecule has 0 bridgehead atoms. The second-order valence-corrected chi connectivity index (χ2v) is 16.5. The number of carbonyl (C=O) groups is 1. The molecular weight excluding hydrogens is 904 g/mol. The van der Waals surface area contributed by atoms with Crippen LogP contribution in [0, 0.1) is 0 Å². The predicted octanol–water partition coefficient (Wildman–Crippen LogP) is 7.27. The summed E-state index contributed by atoms with van der Waals surface area (Å²) in [5, 5.41) is 3.88. The Morgan fingerprint density at radius 3 is 2.30 bits per heavy atom. The Kier molecular flexibility index (Phi) is 12.6. The highest BCUT2D eigenvalue weighted by Crippen LogP contribution is 2.34. The highest BCUT2D eigenvalue weighted by atomic mass is 32.2. The normalized spacial score (nSPS) is 11.5. The third-order valence-electron chi connectivity index (χ3n) is 10.3. The van der Waals surface area contributed by atoms with Crippen LogP contribution in [0.2, 0.25) is 0 Å². The number of carbonyl (C=O) groups excluding carboxylic acids is 1. The molecule has 6 heterocycles. The van der Waals surface area contributed by atoms with Gasteiger partial charge < -0.3 is 23.6 Å². The minimum Gasteiger partial charge on any atom is -0.497 e. The molecule has 0 aliphatic carbocycles. The van der Waals surface area contributed by atoms with Crippen molar-refractivity contribution in [2.45, 2.75) is 30.0 Å². The lowest BCUT2D eigenvalue weighted by molar-refractivity contribution is -0.137. The quantitative estimate of drug-likeness (QED) is 0.101. The molecule has 0 aliphatic rings. The number of furan rings is 2. The zero-order chi connectivity index (χ0) is 46.9. The van der Waals surface area contributed by atoms with Gasteiger partial charge in [-0.05, 0) is 54.1 Å². The fourth-order valence-corrected chi connectivity index (χ4v) is 9.13. The van der Waals surface area contributed by atoms with E-state index in [1.54, 1.807) is 48.5 Å². The van der Waals surface area contributed by atoms with Crippen molar-refractivity contribution in [1.29, 1.82) is 0 Å². The van der Waals surface area contributed by atoms with E-state index in [1.165, 1.54) is 67.4 Å². The molecule has 0 saturated carbocycles. The molecule has 1 amide bonds. The van der Waals surface area contributed by atoms with Crippen LogP contribution in [0.3, 0.4) is 0 Å². The number of thioether (sulfide) groups is 1. The van der Waals surface area contributed by atoms with Gasteiger partial charge >= 0.3 is 17.6 Å². The fraction of sp³-hybridized carbons (Fsp3) is 0.178. The van der Waals surface area contributed by atoms with Gasteiger partial charge in [0.1, 0.15) is 38.9 Å². The highest BCUT2D eigenvalue weighted by molar-refractivity contribution is 7.98. The van der Waals surface area contributed by atoms with Crippen LogP contribution in [0.25, 0.3) is 42.9 Å². The number of thiophene rings is 1. The third kappa shape index (κ3) is 8.89. The lowest BCUT2D eigenvalue weighted by atomic mass is 10.1. The molecule has 9 aromatic rings. The maximum atomic E-state index is 13.5. The van der Waals surface area contributed by atoms with E-state index in [-0.39, 0.29) is 40.7 Å². The minimum atomic E-state index is -4.46. The molecule has 6 aromatic heterocycles. The number of ether oxygens (including phenoxy) is 2. The van der Waals surface area contributed by atoms with E-state index in [2.05, 4.69) is 15.3 Å². The smallest absolute Gasteiger partial charge is 0.416 e. The van der Waals surface area contributed by atoms with Crippen molar-refractivity contribution in [1.82, 2.24) is 28.2 Å². The molecule has 0 spiro atoms. The SMILES string of the molecule is COc1ccc(NC(=O)Cn2c(=O)n(Cc3ccco3)c(=O)c3sc4ccccc4c32)c(OC)c1.Cn1c(=O)c2c(SCc3cccc(C(F)(F)F)c3)nc(-c3ccco3)nc2n(C)c1=O. The zero-order valence-corrected chi connectivity index (χ0v) is 36.9. The lowest BCUT2D eigenvalue weighted by Crippen LogP contribution is -2.41. The van der Waals surface area contributed by atoms with Crippen molar-refractivity contribution >= 4 is 66.0 Å². The number of fused-ring (bicyclic) bond motifs is 4. The Morgan fingerprint density at radius 2 is 1.59 bits per heavy atom. The molecule has 3 aromatic carbocycles. The van der Waals surface area contributed by atoms with Crippen LogP contribution in [0.15, 0.2) is 137 Å². The summed E-state index contributed by atoms with van der Waals surface area (Å²) in [5.41, 5.74) is -1.53. The van der Waals surface area contributed by atoms with E-state index in [0.29, 0.717) is 44.5 Å². The number of nitrogens with zero attached hydrogens (tertiary/aromatic N) is 6. The topological polar surface area (TPSA) is 188 Å². The molecule has 16 nitrogen and oxygen atoms in total. The van der Waals surface area contributed by atoms with E-state index in [9.17, 15) is 37.1 Å². The zero-order valence-electron chi connectivity index (χ0n) is 35.2. The monoisotopic (exact) mass is 939 g/mol. The number of rotatable bonds is 11. The molecule has 0 aliphatic heterocycles. The van der Waals surface area contributed by atoms with Gasteiger partial charge in [0.15, 0.2) is 17.2 Å². The number of nitrogens with one attached hydrogen (secondary N) is 1. The predicted molar refractivity (Wildman–Crippen MR) is 243 cm³/mol. The maximum absolute atomic E-state index is 13.5. The molecule has 0 unspecified atom stereocenters. The average molecular weight is 940 g/mol. The average Bonchev–Trinajstić information content (AvgIpc) is 4.13. The number of hydrogen-bond acceptors (Lipinski definition) is 13. The summed E-state index contributed by atoms with van der Waals surface area (Å²) in [4.78, 5) is 73.8. The number of alkyl halides is 3. The first-order chi connectivity index (χ1) is 31.7. The van der Waals surface area contributed by atoms with Crippen LogP contribution in [0.4, 0.5) is 18.9 Å². The van der Waals surface area contributed by atoms with Crippen LogP contribution < -0.4 is 37.3 Å². The standard InChI is InChI=1S/C25H21N3O6S.C20H15F3N4O3S/c1-32-15-9-10-18(19(12-15)33-2)26-21(29)14-27-22-17-7-3-4-8-20(17)35-23(22)24(30)28(25(27)31)13-16-6-5-11-34-16;1-26-16-14(18(28)27(2)19(26)29)17(25-15(24-16)13-7-4-8-30-13)31-10-11-5-3-6-12(9-11)20(21,22)23/h3-12H,13-14H2,1-2H3,(H,26,29);3-9H,10H2,1-2H3. The Balaban J connectivity index is 0.000000181. The number of benzene rings is 3. The molecule has 0 fully saturated rings. The van der Waals surface area contributed by atoms with E-state index in [1.807, 2.05) is 24.3 Å². The van der Waals surface area contributed by atoms with Crippen molar-refractivity contribution in [2.75, 3.05) is 19.5 Å². The van der Waals surface area contributed by atoms with Crippen LogP contribution in [0.5, 0.6) is 11.5 Å². The summed E-state index contributed by atoms with van der Waals surface area (Å²) in [6.07, 6.45) is -1.54. The summed E-state index contributed by atoms with van der Waals surface area (Å²) in [7, 11) is 5.84. The van der Waals surface area contributed by atoms with Gasteiger partial charge in [-0.1, -0.05) is 36.4 Å². The maximum Gasteiger partial charge on any atom is 0.416 e. The molecule has 0 atom stereocenters. The Hall–Kier alpha value is -7.65. The number of amides is 1. The Labute approximate surface area is 378 Å². The Bertz CT molecular complexity index is 3520. The molecule has 1 N–H and O–H groups in total. The van der Waals surface area contributed by atoms with Gasteiger partial charge in [0.05, 0.1) is 50.1 Å². The first kappa shape index (κ1) is 44.9. The van der Waals surface area contributed by atoms with Gasteiger partial charge in [0.2, 0.25) is 5.91 Å². The highest BCUT2D eigenvalue weighted by Gasteiger charge is 2.30. The van der Waals surface area contributed by atoms with E-state index in [0.717, 1.165) is 43.1 Å². The number of anilines is 1. The van der Waals surface area contributed by atoms with Crippen LogP contribution in [-0.2, 0) is 43.9 Å². The summed E-state index contributed by atoms with van der Waals surface area (Å²) in [5.74, 6) is 1.62. The number of methoxy groups -OCH3 is 2. The first-order valence-electron chi connectivity index (χ1n) is 19.7. The summed E-state index contributed by atoms with van der Waals surface area (Å²) >= 11 is 2.37. The largest absolute Gasteiger partial charge is 0.497 e. The van der Waals surface area contributed by atoms with Crippen molar-refractivity contribution < 1.29 is 36.3 Å². The second-order valence-electron chi connectivity index (χ2n) is 14.5. The van der Waals surface area contributed by atoms with Gasteiger partial charge in [-0.2, -0.15) is 13.2 Å². The van der Waals surface area contributed by atoms with Gasteiger partial charge in [-0.15, -0.1) is 23.1 Å². The number of aromatic nitrogens is 6. The van der Waals surface area contributed by atoms with Crippen molar-refractivity contribution in [2.24, 2.45) is 14.1 Å². The van der Waals surface area contributed by atoms with E-state index < -0.39 is 40.1 Å². The van der Waals surface area contributed by atoms with Gasteiger partial charge in [0.25, 0.3) is 11.1 Å². The third-order valence-corrected chi connectivity index (χ3v) is 12.5. The first-order valence-corrected chi connectivity index (χ1v) is 21.5. The lowest BCUT2D eigenvalue weighted by Gasteiger charge is -2.14. The van der Waals surface area contributed by atoms with Crippen molar-refractivity contribution in [3.63, 3.8) is 0 Å². The summed E-state index contributed by atoms with van der Waals surface area (Å²) in [6.45, 7) is -0.341. The number of aryl methyl sites for hydroxylation is 1. The molecule has 0 saturated heterocycles. The molecule has 338 valence electrons. The fourth-order valence-electron chi connectivity index (χ4n) is 7.01. The van der Waals surface area contributed by atoms with Crippen LogP contribution in [0.1, 0.15) is 16.9 Å². The number of halogens is 3.